The standard InChI is InChI=1S/C19H27NO3/c1-23-16-11-9-14(10-12-16)18(21)17-8-5-13-20(17)19(22)15-6-3-2-4-7-15/h9-12,15,17-18,21H,2-8,13H2,1H3/t17-,18+/m1/s1. The van der Waals surface area contributed by atoms with Crippen molar-refractivity contribution in [2.75, 3.05) is 13.7 Å². The van der Waals surface area contributed by atoms with Crippen LogP contribution in [0.25, 0.3) is 0 Å². The van der Waals surface area contributed by atoms with Gasteiger partial charge in [-0.2, -0.15) is 0 Å². The average Bonchev–Trinajstić information content (AvgIpc) is 3.11. The third-order valence-electron chi connectivity index (χ3n) is 5.36. The minimum atomic E-state index is -0.615. The molecule has 4 heteroatoms. The molecule has 2 atom stereocenters. The van der Waals surface area contributed by atoms with E-state index in [4.69, 9.17) is 4.74 Å². The van der Waals surface area contributed by atoms with Crippen molar-refractivity contribution >= 4 is 5.91 Å². The second kappa shape index (κ2) is 7.35. The number of benzene rings is 1. The first kappa shape index (κ1) is 16.3. The second-order valence-electron chi connectivity index (χ2n) is 6.79. The maximum absolute atomic E-state index is 12.8. The van der Waals surface area contributed by atoms with Gasteiger partial charge in [-0.15, -0.1) is 0 Å². The normalized spacial score (nSPS) is 23.7. The fourth-order valence-corrected chi connectivity index (χ4v) is 4.00. The third kappa shape index (κ3) is 3.52. The molecule has 1 aromatic rings. The van der Waals surface area contributed by atoms with Crippen molar-refractivity contribution in [2.24, 2.45) is 5.92 Å². The number of hydrogen-bond donors (Lipinski definition) is 1. The predicted molar refractivity (Wildman–Crippen MR) is 89.3 cm³/mol. The highest BCUT2D eigenvalue weighted by Gasteiger charge is 2.37. The smallest absolute Gasteiger partial charge is 0.226 e. The molecule has 4 nitrogen and oxygen atoms in total. The van der Waals surface area contributed by atoms with Crippen molar-refractivity contribution in [3.63, 3.8) is 0 Å². The highest BCUT2D eigenvalue weighted by molar-refractivity contribution is 5.79. The first-order valence-corrected chi connectivity index (χ1v) is 8.83. The molecule has 1 saturated carbocycles. The fraction of sp³-hybridized carbons (Fsp3) is 0.632. The summed E-state index contributed by atoms with van der Waals surface area (Å²) < 4.78 is 5.17. The van der Waals surface area contributed by atoms with Crippen molar-refractivity contribution in [2.45, 2.75) is 57.1 Å². The van der Waals surface area contributed by atoms with E-state index in [1.54, 1.807) is 7.11 Å². The molecule has 0 spiro atoms. The number of ether oxygens (including phenoxy) is 1. The zero-order valence-corrected chi connectivity index (χ0v) is 13.9. The maximum atomic E-state index is 12.8. The number of carbonyl (C=O) groups is 1. The van der Waals surface area contributed by atoms with Gasteiger partial charge in [0.25, 0.3) is 0 Å². The lowest BCUT2D eigenvalue weighted by Gasteiger charge is -2.33. The molecular weight excluding hydrogens is 290 g/mol. The van der Waals surface area contributed by atoms with Gasteiger partial charge in [-0.25, -0.2) is 0 Å². The van der Waals surface area contributed by atoms with Gasteiger partial charge in [-0.3, -0.25) is 4.79 Å². The number of aliphatic hydroxyl groups excluding tert-OH is 1. The lowest BCUT2D eigenvalue weighted by Crippen LogP contribution is -2.43. The Bertz CT molecular complexity index is 522. The molecule has 1 amide bonds. The number of carbonyl (C=O) groups excluding carboxylic acids is 1. The van der Waals surface area contributed by atoms with Crippen molar-refractivity contribution in [3.8, 4) is 5.75 Å². The summed E-state index contributed by atoms with van der Waals surface area (Å²) in [6.07, 6.45) is 6.85. The van der Waals surface area contributed by atoms with Crippen LogP contribution < -0.4 is 4.74 Å². The van der Waals surface area contributed by atoms with Gasteiger partial charge in [-0.1, -0.05) is 31.4 Å². The summed E-state index contributed by atoms with van der Waals surface area (Å²) in [6, 6.07) is 7.43. The summed E-state index contributed by atoms with van der Waals surface area (Å²) in [5.41, 5.74) is 0.860. The molecule has 23 heavy (non-hydrogen) atoms. The van der Waals surface area contributed by atoms with E-state index in [2.05, 4.69) is 0 Å². The van der Waals surface area contributed by atoms with E-state index in [1.807, 2.05) is 29.2 Å². The second-order valence-corrected chi connectivity index (χ2v) is 6.79. The highest BCUT2D eigenvalue weighted by atomic mass is 16.5. The van der Waals surface area contributed by atoms with Crippen LogP contribution in [-0.2, 0) is 4.79 Å². The van der Waals surface area contributed by atoms with Crippen LogP contribution in [0.1, 0.15) is 56.6 Å². The van der Waals surface area contributed by atoms with Gasteiger partial charge in [0.15, 0.2) is 0 Å². The molecule has 0 bridgehead atoms. The minimum Gasteiger partial charge on any atom is -0.497 e. The first-order valence-electron chi connectivity index (χ1n) is 8.83. The molecule has 3 rings (SSSR count). The van der Waals surface area contributed by atoms with Crippen molar-refractivity contribution < 1.29 is 14.6 Å². The number of likely N-dealkylation sites (tertiary alicyclic amines) is 1. The van der Waals surface area contributed by atoms with Crippen LogP contribution in [0.5, 0.6) is 5.75 Å². The number of hydrogen-bond acceptors (Lipinski definition) is 3. The minimum absolute atomic E-state index is 0.0854. The monoisotopic (exact) mass is 317 g/mol. The molecule has 0 radical (unpaired) electrons. The Morgan fingerprint density at radius 3 is 2.48 bits per heavy atom. The van der Waals surface area contributed by atoms with Gasteiger partial charge in [0.05, 0.1) is 19.3 Å². The van der Waals surface area contributed by atoms with Crippen LogP contribution in [0.3, 0.4) is 0 Å². The topological polar surface area (TPSA) is 49.8 Å². The lowest BCUT2D eigenvalue weighted by atomic mass is 9.87. The van der Waals surface area contributed by atoms with E-state index in [9.17, 15) is 9.90 Å². The summed E-state index contributed by atoms with van der Waals surface area (Å²) in [6.45, 7) is 0.785. The number of aliphatic hydroxyl groups is 1. The Labute approximate surface area is 138 Å². The summed E-state index contributed by atoms with van der Waals surface area (Å²) in [7, 11) is 1.63. The zero-order chi connectivity index (χ0) is 16.2. The van der Waals surface area contributed by atoms with E-state index >= 15 is 0 Å². The Morgan fingerprint density at radius 2 is 1.83 bits per heavy atom. The third-order valence-corrected chi connectivity index (χ3v) is 5.36. The van der Waals surface area contributed by atoms with Gasteiger partial charge >= 0.3 is 0 Å². The Hall–Kier alpha value is -1.55. The summed E-state index contributed by atoms with van der Waals surface area (Å²) in [5.74, 6) is 1.22. The maximum Gasteiger partial charge on any atom is 0.226 e. The number of methoxy groups -OCH3 is 1. The molecular formula is C19H27NO3. The first-order chi connectivity index (χ1) is 11.2. The van der Waals surface area contributed by atoms with E-state index < -0.39 is 6.10 Å². The van der Waals surface area contributed by atoms with Crippen LogP contribution in [0.15, 0.2) is 24.3 Å². The lowest BCUT2D eigenvalue weighted by molar-refractivity contribution is -0.139. The van der Waals surface area contributed by atoms with Crippen molar-refractivity contribution in [1.82, 2.24) is 4.90 Å². The van der Waals surface area contributed by atoms with E-state index in [1.165, 1.54) is 6.42 Å². The van der Waals surface area contributed by atoms with Crippen LogP contribution in [0.2, 0.25) is 0 Å². The average molecular weight is 317 g/mol. The van der Waals surface area contributed by atoms with Crippen LogP contribution in [-0.4, -0.2) is 35.6 Å². The highest BCUT2D eigenvalue weighted by Crippen LogP contribution is 2.34. The van der Waals surface area contributed by atoms with Gasteiger partial charge in [0.2, 0.25) is 5.91 Å². The Kier molecular flexibility index (Phi) is 5.21. The largest absolute Gasteiger partial charge is 0.497 e. The SMILES string of the molecule is COc1ccc([C@H](O)[C@H]2CCCN2C(=O)C2CCCCC2)cc1. The summed E-state index contributed by atoms with van der Waals surface area (Å²) in [5, 5.41) is 10.8. The number of amides is 1. The van der Waals surface area contributed by atoms with Crippen LogP contribution in [0, 0.1) is 5.92 Å². The predicted octanol–water partition coefficient (Wildman–Crippen LogP) is 3.30. The molecule has 2 fully saturated rings. The molecule has 1 aliphatic heterocycles. The molecule has 126 valence electrons. The molecule has 1 aliphatic carbocycles. The molecule has 1 N–H and O–H groups in total. The molecule has 1 aromatic carbocycles. The Balaban J connectivity index is 1.70. The zero-order valence-electron chi connectivity index (χ0n) is 13.9. The quantitative estimate of drug-likeness (QED) is 0.927. The van der Waals surface area contributed by atoms with Gasteiger partial charge < -0.3 is 14.7 Å². The van der Waals surface area contributed by atoms with E-state index in [0.29, 0.717) is 0 Å². The van der Waals surface area contributed by atoms with E-state index in [0.717, 1.165) is 56.4 Å². The fourth-order valence-electron chi connectivity index (χ4n) is 4.00. The Morgan fingerprint density at radius 1 is 1.13 bits per heavy atom. The number of nitrogens with zero attached hydrogens (tertiary/aromatic N) is 1. The number of rotatable bonds is 4. The molecule has 1 heterocycles. The van der Waals surface area contributed by atoms with E-state index in [-0.39, 0.29) is 17.9 Å². The van der Waals surface area contributed by atoms with Crippen LogP contribution >= 0.6 is 0 Å². The van der Waals surface area contributed by atoms with Crippen molar-refractivity contribution in [1.29, 1.82) is 0 Å². The molecule has 0 aromatic heterocycles. The summed E-state index contributed by atoms with van der Waals surface area (Å²) >= 11 is 0. The van der Waals surface area contributed by atoms with Crippen molar-refractivity contribution in [3.05, 3.63) is 29.8 Å². The van der Waals surface area contributed by atoms with Gasteiger partial charge in [-0.05, 0) is 43.4 Å². The summed E-state index contributed by atoms with van der Waals surface area (Å²) in [4.78, 5) is 14.8. The van der Waals surface area contributed by atoms with Gasteiger partial charge in [0.1, 0.15) is 5.75 Å². The molecule has 2 aliphatic rings. The van der Waals surface area contributed by atoms with Crippen LogP contribution in [0.4, 0.5) is 0 Å². The molecule has 0 unspecified atom stereocenters. The van der Waals surface area contributed by atoms with Gasteiger partial charge in [0, 0.05) is 12.5 Å². The molecule has 1 saturated heterocycles.